The fourth-order valence-corrected chi connectivity index (χ4v) is 4.73. The van der Waals surface area contributed by atoms with E-state index in [1.165, 1.54) is 44.3 Å². The SMILES string of the molecule is O=C(C[C@@H]1CCOc2ccccc21)N1CCC[C@@H](N2CCCCC2)C1. The van der Waals surface area contributed by atoms with Crippen molar-refractivity contribution in [3.8, 4) is 5.75 Å². The van der Waals surface area contributed by atoms with Gasteiger partial charge in [-0.3, -0.25) is 9.69 Å². The lowest BCUT2D eigenvalue weighted by Gasteiger charge is -2.41. The lowest BCUT2D eigenvalue weighted by Crippen LogP contribution is -2.51. The molecule has 0 radical (unpaired) electrons. The molecule has 2 saturated heterocycles. The predicted molar refractivity (Wildman–Crippen MR) is 98.9 cm³/mol. The third-order valence-electron chi connectivity index (χ3n) is 6.16. The van der Waals surface area contributed by atoms with Crippen LogP contribution in [-0.2, 0) is 4.79 Å². The minimum Gasteiger partial charge on any atom is -0.493 e. The molecule has 4 heteroatoms. The Balaban J connectivity index is 1.38. The van der Waals surface area contributed by atoms with Crippen molar-refractivity contribution in [3.05, 3.63) is 29.8 Å². The van der Waals surface area contributed by atoms with E-state index in [9.17, 15) is 4.79 Å². The van der Waals surface area contributed by atoms with E-state index in [1.54, 1.807) is 0 Å². The van der Waals surface area contributed by atoms with Crippen LogP contribution in [0.4, 0.5) is 0 Å². The number of carbonyl (C=O) groups excluding carboxylic acids is 1. The number of amides is 1. The average Bonchev–Trinajstić information content (AvgIpc) is 2.69. The quantitative estimate of drug-likeness (QED) is 0.844. The molecule has 4 rings (SSSR count). The summed E-state index contributed by atoms with van der Waals surface area (Å²) >= 11 is 0. The highest BCUT2D eigenvalue weighted by Crippen LogP contribution is 2.36. The molecular formula is C21H30N2O2. The van der Waals surface area contributed by atoms with Crippen molar-refractivity contribution in [2.45, 2.75) is 56.9 Å². The smallest absolute Gasteiger partial charge is 0.223 e. The van der Waals surface area contributed by atoms with Gasteiger partial charge in [-0.25, -0.2) is 0 Å². The summed E-state index contributed by atoms with van der Waals surface area (Å²) in [5, 5.41) is 0. The molecular weight excluding hydrogens is 312 g/mol. The molecule has 25 heavy (non-hydrogen) atoms. The first-order valence-electron chi connectivity index (χ1n) is 10.0. The maximum Gasteiger partial charge on any atom is 0.223 e. The van der Waals surface area contributed by atoms with E-state index in [0.29, 0.717) is 24.3 Å². The van der Waals surface area contributed by atoms with Crippen LogP contribution in [0.3, 0.4) is 0 Å². The Morgan fingerprint density at radius 1 is 1.04 bits per heavy atom. The molecule has 1 amide bonds. The van der Waals surface area contributed by atoms with Gasteiger partial charge in [0.25, 0.3) is 0 Å². The zero-order valence-electron chi connectivity index (χ0n) is 15.2. The van der Waals surface area contributed by atoms with Gasteiger partial charge >= 0.3 is 0 Å². The maximum atomic E-state index is 13.0. The second kappa shape index (κ2) is 7.77. The first-order valence-corrected chi connectivity index (χ1v) is 10.0. The summed E-state index contributed by atoms with van der Waals surface area (Å²) in [4.78, 5) is 17.7. The number of benzene rings is 1. The monoisotopic (exact) mass is 342 g/mol. The van der Waals surface area contributed by atoms with Gasteiger partial charge in [0, 0.05) is 25.6 Å². The number of likely N-dealkylation sites (tertiary alicyclic amines) is 2. The van der Waals surface area contributed by atoms with Crippen LogP contribution < -0.4 is 4.74 Å². The van der Waals surface area contributed by atoms with Gasteiger partial charge in [-0.15, -0.1) is 0 Å². The number of piperidine rings is 2. The number of para-hydroxylation sites is 1. The molecule has 3 aliphatic rings. The minimum atomic E-state index is 0.313. The van der Waals surface area contributed by atoms with Crippen LogP contribution in [0.5, 0.6) is 5.75 Å². The molecule has 2 fully saturated rings. The molecule has 0 unspecified atom stereocenters. The molecule has 0 aliphatic carbocycles. The Labute approximate surface area is 151 Å². The Morgan fingerprint density at radius 3 is 2.76 bits per heavy atom. The zero-order valence-corrected chi connectivity index (χ0v) is 15.2. The maximum absolute atomic E-state index is 13.0. The van der Waals surface area contributed by atoms with Crippen LogP contribution in [0.1, 0.15) is 56.4 Å². The third-order valence-corrected chi connectivity index (χ3v) is 6.16. The van der Waals surface area contributed by atoms with Crippen LogP contribution >= 0.6 is 0 Å². The molecule has 1 aromatic carbocycles. The Kier molecular flexibility index (Phi) is 5.25. The molecule has 4 nitrogen and oxygen atoms in total. The third kappa shape index (κ3) is 3.84. The predicted octanol–water partition coefficient (Wildman–Crippen LogP) is 3.42. The van der Waals surface area contributed by atoms with Gasteiger partial charge < -0.3 is 9.64 Å². The van der Waals surface area contributed by atoms with Gasteiger partial charge in [-0.05, 0) is 62.7 Å². The largest absolute Gasteiger partial charge is 0.493 e. The van der Waals surface area contributed by atoms with E-state index in [-0.39, 0.29) is 0 Å². The van der Waals surface area contributed by atoms with Gasteiger partial charge in [0.15, 0.2) is 0 Å². The van der Waals surface area contributed by atoms with Crippen molar-refractivity contribution in [1.82, 2.24) is 9.80 Å². The molecule has 136 valence electrons. The van der Waals surface area contributed by atoms with Crippen LogP contribution in [0.25, 0.3) is 0 Å². The van der Waals surface area contributed by atoms with Gasteiger partial charge in [0.05, 0.1) is 6.61 Å². The second-order valence-corrected chi connectivity index (χ2v) is 7.81. The number of fused-ring (bicyclic) bond motifs is 1. The summed E-state index contributed by atoms with van der Waals surface area (Å²) in [5.41, 5.74) is 1.21. The second-order valence-electron chi connectivity index (χ2n) is 7.81. The zero-order chi connectivity index (χ0) is 17.1. The number of carbonyl (C=O) groups is 1. The standard InChI is InChI=1S/C21H30N2O2/c24-21(15-17-10-14-25-20-9-3-2-8-19(17)20)23-13-6-7-18(16-23)22-11-4-1-5-12-22/h2-3,8-9,17-18H,1,4-7,10-16H2/t17-,18+/m0/s1. The minimum absolute atomic E-state index is 0.313. The molecule has 0 N–H and O–H groups in total. The Hall–Kier alpha value is -1.55. The number of rotatable bonds is 3. The fraction of sp³-hybridized carbons (Fsp3) is 0.667. The lowest BCUT2D eigenvalue weighted by molar-refractivity contribution is -0.134. The van der Waals surface area contributed by atoms with Crippen molar-refractivity contribution in [2.24, 2.45) is 0 Å². The molecule has 0 bridgehead atoms. The lowest BCUT2D eigenvalue weighted by atomic mass is 9.89. The van der Waals surface area contributed by atoms with Gasteiger partial charge in [0.1, 0.15) is 5.75 Å². The number of ether oxygens (including phenoxy) is 1. The normalized spacial score (nSPS) is 27.4. The molecule has 1 aromatic rings. The van der Waals surface area contributed by atoms with Crippen molar-refractivity contribution in [3.63, 3.8) is 0 Å². The van der Waals surface area contributed by atoms with Crippen molar-refractivity contribution in [2.75, 3.05) is 32.8 Å². The van der Waals surface area contributed by atoms with Crippen LogP contribution in [0.15, 0.2) is 24.3 Å². The first kappa shape index (κ1) is 16.9. The highest BCUT2D eigenvalue weighted by atomic mass is 16.5. The summed E-state index contributed by atoms with van der Waals surface area (Å²) in [5.74, 6) is 1.62. The van der Waals surface area contributed by atoms with E-state index in [4.69, 9.17) is 4.74 Å². The van der Waals surface area contributed by atoms with Crippen LogP contribution in [0.2, 0.25) is 0 Å². The Morgan fingerprint density at radius 2 is 1.88 bits per heavy atom. The van der Waals surface area contributed by atoms with E-state index >= 15 is 0 Å². The molecule has 3 heterocycles. The van der Waals surface area contributed by atoms with Crippen LogP contribution in [0, 0.1) is 0 Å². The number of hydrogen-bond acceptors (Lipinski definition) is 3. The summed E-state index contributed by atoms with van der Waals surface area (Å²) in [6, 6.07) is 8.80. The van der Waals surface area contributed by atoms with E-state index in [0.717, 1.165) is 38.3 Å². The van der Waals surface area contributed by atoms with E-state index in [1.807, 2.05) is 12.1 Å². The van der Waals surface area contributed by atoms with Crippen molar-refractivity contribution in [1.29, 1.82) is 0 Å². The highest BCUT2D eigenvalue weighted by Gasteiger charge is 2.31. The van der Waals surface area contributed by atoms with E-state index in [2.05, 4.69) is 21.9 Å². The molecule has 2 atom stereocenters. The first-order chi connectivity index (χ1) is 12.3. The van der Waals surface area contributed by atoms with Gasteiger partial charge in [0.2, 0.25) is 5.91 Å². The molecule has 0 saturated carbocycles. The van der Waals surface area contributed by atoms with Crippen LogP contribution in [-0.4, -0.2) is 54.5 Å². The van der Waals surface area contributed by atoms with E-state index < -0.39 is 0 Å². The summed E-state index contributed by atoms with van der Waals surface area (Å²) in [6.45, 7) is 5.04. The molecule has 3 aliphatic heterocycles. The summed E-state index contributed by atoms with van der Waals surface area (Å²) in [7, 11) is 0. The van der Waals surface area contributed by atoms with Crippen molar-refractivity contribution < 1.29 is 9.53 Å². The molecule has 0 spiro atoms. The number of hydrogen-bond donors (Lipinski definition) is 0. The summed E-state index contributed by atoms with van der Waals surface area (Å²) in [6.07, 6.45) is 8.00. The fourth-order valence-electron chi connectivity index (χ4n) is 4.73. The van der Waals surface area contributed by atoms with Gasteiger partial charge in [-0.1, -0.05) is 24.6 Å². The van der Waals surface area contributed by atoms with Gasteiger partial charge in [-0.2, -0.15) is 0 Å². The summed E-state index contributed by atoms with van der Waals surface area (Å²) < 4.78 is 5.75. The topological polar surface area (TPSA) is 32.8 Å². The average molecular weight is 342 g/mol. The highest BCUT2D eigenvalue weighted by molar-refractivity contribution is 5.77. The number of nitrogens with zero attached hydrogens (tertiary/aromatic N) is 2. The Bertz CT molecular complexity index is 597. The molecule has 0 aromatic heterocycles. The van der Waals surface area contributed by atoms with Crippen molar-refractivity contribution >= 4 is 5.91 Å².